The molecule has 0 radical (unpaired) electrons. The van der Waals surface area contributed by atoms with Gasteiger partial charge >= 0.3 is 14.8 Å². The number of unbranched alkanes of at least 4 members (excludes halogenated alkanes) is 10. The van der Waals surface area contributed by atoms with E-state index in [0.717, 1.165) is 25.7 Å². The van der Waals surface area contributed by atoms with Gasteiger partial charge in [-0.05, 0) is 26.2 Å². The highest BCUT2D eigenvalue weighted by atomic mass is 28.4. The van der Waals surface area contributed by atoms with Gasteiger partial charge in [-0.2, -0.15) is 0 Å². The molecule has 0 aromatic carbocycles. The van der Waals surface area contributed by atoms with Crippen LogP contribution in [-0.2, 0) is 9.53 Å². The molecule has 0 aromatic heterocycles. The number of rotatable bonds is 16. The molecule has 0 bridgehead atoms. The third kappa shape index (κ3) is 17.7. The first kappa shape index (κ1) is 23.3. The van der Waals surface area contributed by atoms with Gasteiger partial charge in [-0.1, -0.05) is 64.4 Å². The minimum atomic E-state index is -3.80. The number of carbonyl (C=O) groups is 1. The minimum absolute atomic E-state index is 0.0224. The number of carbonyl (C=O) groups excluding carboxylic acids is 1. The fourth-order valence-electron chi connectivity index (χ4n) is 2.69. The predicted octanol–water partition coefficient (Wildman–Crippen LogP) is 3.70. The van der Waals surface area contributed by atoms with Gasteiger partial charge in [0.15, 0.2) is 0 Å². The largest absolute Gasteiger partial charge is 0.492 e. The normalized spacial score (nSPS) is 12.8. The average molecular weight is 361 g/mol. The van der Waals surface area contributed by atoms with E-state index in [0.29, 0.717) is 6.42 Å². The van der Waals surface area contributed by atoms with Crippen LogP contribution in [0.25, 0.3) is 0 Å². The van der Waals surface area contributed by atoms with E-state index < -0.39 is 8.80 Å². The Morgan fingerprint density at radius 1 is 0.917 bits per heavy atom. The van der Waals surface area contributed by atoms with Crippen LogP contribution in [0.2, 0.25) is 6.04 Å². The molecule has 0 aliphatic heterocycles. The molecule has 0 saturated carbocycles. The molecule has 5 nitrogen and oxygen atoms in total. The molecule has 142 valence electrons. The van der Waals surface area contributed by atoms with Gasteiger partial charge < -0.3 is 19.1 Å². The van der Waals surface area contributed by atoms with Crippen LogP contribution in [-0.4, -0.2) is 35.3 Å². The third-order valence-electron chi connectivity index (χ3n) is 4.11. The molecular weight excluding hydrogens is 324 g/mol. The summed E-state index contributed by atoms with van der Waals surface area (Å²) >= 11 is 0. The van der Waals surface area contributed by atoms with Gasteiger partial charge in [0.1, 0.15) is 0 Å². The Labute approximate surface area is 148 Å². The van der Waals surface area contributed by atoms with Crippen LogP contribution < -0.4 is 0 Å². The van der Waals surface area contributed by atoms with Crippen LogP contribution >= 0.6 is 0 Å². The van der Waals surface area contributed by atoms with Crippen molar-refractivity contribution in [3.05, 3.63) is 12.7 Å². The van der Waals surface area contributed by atoms with Crippen LogP contribution in [0.5, 0.6) is 0 Å². The second-order valence-corrected chi connectivity index (χ2v) is 8.70. The lowest BCUT2D eigenvalue weighted by Gasteiger charge is -2.11. The van der Waals surface area contributed by atoms with Crippen molar-refractivity contribution >= 4 is 14.8 Å². The summed E-state index contributed by atoms with van der Waals surface area (Å²) in [6, 6.07) is 0.165. The maximum absolute atomic E-state index is 11.0. The van der Waals surface area contributed by atoms with Crippen molar-refractivity contribution < 1.29 is 23.9 Å². The van der Waals surface area contributed by atoms with Crippen molar-refractivity contribution in [3.8, 4) is 0 Å². The Bertz CT molecular complexity index is 328. The van der Waals surface area contributed by atoms with E-state index in [2.05, 4.69) is 6.58 Å². The van der Waals surface area contributed by atoms with Crippen LogP contribution in [0, 0.1) is 0 Å². The van der Waals surface area contributed by atoms with Gasteiger partial charge in [0, 0.05) is 12.1 Å². The first-order chi connectivity index (χ1) is 11.3. The average Bonchev–Trinajstić information content (AvgIpc) is 2.50. The molecule has 0 aliphatic carbocycles. The van der Waals surface area contributed by atoms with E-state index in [1.165, 1.54) is 51.0 Å². The Morgan fingerprint density at radius 2 is 1.33 bits per heavy atom. The van der Waals surface area contributed by atoms with Gasteiger partial charge in [0.2, 0.25) is 0 Å². The second kappa shape index (κ2) is 14.6. The lowest BCUT2D eigenvalue weighted by atomic mass is 10.0. The number of hydrogen-bond donors (Lipinski definition) is 3. The molecule has 24 heavy (non-hydrogen) atoms. The quantitative estimate of drug-likeness (QED) is 0.169. The zero-order valence-corrected chi connectivity index (χ0v) is 16.2. The summed E-state index contributed by atoms with van der Waals surface area (Å²) in [4.78, 5) is 37.7. The molecule has 0 spiro atoms. The molecule has 0 amide bonds. The number of esters is 1. The highest BCUT2D eigenvalue weighted by molar-refractivity contribution is 6.56. The second-order valence-electron chi connectivity index (χ2n) is 6.65. The van der Waals surface area contributed by atoms with Crippen LogP contribution in [0.1, 0.15) is 84.0 Å². The molecule has 0 fully saturated rings. The first-order valence-electron chi connectivity index (χ1n) is 9.35. The van der Waals surface area contributed by atoms with E-state index >= 15 is 0 Å². The predicted molar refractivity (Wildman–Crippen MR) is 98.4 cm³/mol. The zero-order chi connectivity index (χ0) is 18.3. The summed E-state index contributed by atoms with van der Waals surface area (Å²) in [6.07, 6.45) is 14.6. The Kier molecular flexibility index (Phi) is 14.2. The minimum Gasteiger partial charge on any atom is -0.460 e. The molecule has 0 heterocycles. The van der Waals surface area contributed by atoms with Gasteiger partial charge in [-0.3, -0.25) is 0 Å². The monoisotopic (exact) mass is 360 g/mol. The van der Waals surface area contributed by atoms with Crippen molar-refractivity contribution in [2.45, 2.75) is 96.1 Å². The first-order valence-corrected chi connectivity index (χ1v) is 11.4. The maximum Gasteiger partial charge on any atom is 0.492 e. The summed E-state index contributed by atoms with van der Waals surface area (Å²) < 4.78 is 5.12. The topological polar surface area (TPSA) is 87.0 Å². The van der Waals surface area contributed by atoms with Gasteiger partial charge in [-0.15, -0.1) is 0 Å². The Morgan fingerprint density at radius 3 is 1.75 bits per heavy atom. The van der Waals surface area contributed by atoms with Crippen molar-refractivity contribution in [1.82, 2.24) is 0 Å². The Balaban J connectivity index is 3.20. The fourth-order valence-corrected chi connectivity index (χ4v) is 3.41. The van der Waals surface area contributed by atoms with Gasteiger partial charge in [-0.25, -0.2) is 4.79 Å². The third-order valence-corrected chi connectivity index (χ3v) is 5.13. The summed E-state index contributed by atoms with van der Waals surface area (Å²) in [5.41, 5.74) is 0. The summed E-state index contributed by atoms with van der Waals surface area (Å²) in [5.74, 6) is -0.340. The van der Waals surface area contributed by atoms with Crippen molar-refractivity contribution in [2.24, 2.45) is 0 Å². The van der Waals surface area contributed by atoms with Gasteiger partial charge in [0.05, 0.1) is 6.10 Å². The van der Waals surface area contributed by atoms with E-state index in [9.17, 15) is 4.79 Å². The van der Waals surface area contributed by atoms with Crippen LogP contribution in [0.4, 0.5) is 0 Å². The van der Waals surface area contributed by atoms with Gasteiger partial charge in [0.25, 0.3) is 0 Å². The van der Waals surface area contributed by atoms with Crippen molar-refractivity contribution in [3.63, 3.8) is 0 Å². The van der Waals surface area contributed by atoms with Crippen LogP contribution in [0.15, 0.2) is 12.7 Å². The summed E-state index contributed by atoms with van der Waals surface area (Å²) in [7, 11) is -3.80. The fraction of sp³-hybridized carbons (Fsp3) is 0.833. The molecule has 6 heteroatoms. The summed E-state index contributed by atoms with van der Waals surface area (Å²) in [5, 5.41) is 0. The lowest BCUT2D eigenvalue weighted by Crippen LogP contribution is -2.33. The molecule has 0 aromatic rings. The van der Waals surface area contributed by atoms with E-state index in [1.807, 2.05) is 6.92 Å². The molecule has 3 N–H and O–H groups in total. The highest BCUT2D eigenvalue weighted by Crippen LogP contribution is 2.14. The standard InChI is InChI=1S/C18H36O5Si/c1-3-18(19)23-17(2)15-13-11-9-7-5-4-6-8-10-12-14-16-24(20,21)22/h3,17,20-22H,1,4-16H2,2H3. The Hall–Kier alpha value is -0.693. The maximum atomic E-state index is 11.0. The number of ether oxygens (including phenoxy) is 1. The molecule has 0 rings (SSSR count). The smallest absolute Gasteiger partial charge is 0.460 e. The van der Waals surface area contributed by atoms with Crippen LogP contribution in [0.3, 0.4) is 0 Å². The summed E-state index contributed by atoms with van der Waals surface area (Å²) in [6.45, 7) is 5.31. The van der Waals surface area contributed by atoms with Crippen molar-refractivity contribution in [1.29, 1.82) is 0 Å². The van der Waals surface area contributed by atoms with E-state index in [4.69, 9.17) is 19.1 Å². The highest BCUT2D eigenvalue weighted by Gasteiger charge is 2.25. The molecule has 0 saturated heterocycles. The molecular formula is C18H36O5Si. The number of hydrogen-bond acceptors (Lipinski definition) is 5. The van der Waals surface area contributed by atoms with E-state index in [1.54, 1.807) is 0 Å². The molecule has 0 aliphatic rings. The molecule has 1 unspecified atom stereocenters. The lowest BCUT2D eigenvalue weighted by molar-refractivity contribution is -0.142. The SMILES string of the molecule is C=CC(=O)OC(C)CCCCCCCCCCCCC[Si](O)(O)O. The van der Waals surface area contributed by atoms with Crippen molar-refractivity contribution in [2.75, 3.05) is 0 Å². The zero-order valence-electron chi connectivity index (χ0n) is 15.2. The molecule has 1 atom stereocenters. The van der Waals surface area contributed by atoms with E-state index in [-0.39, 0.29) is 18.1 Å².